The monoisotopic (exact) mass is 310 g/mol. The number of halogens is 1. The molecule has 0 spiro atoms. The van der Waals surface area contributed by atoms with Gasteiger partial charge < -0.3 is 9.52 Å². The maximum atomic E-state index is 13.6. The second-order valence-corrected chi connectivity index (χ2v) is 6.51. The van der Waals surface area contributed by atoms with Crippen LogP contribution in [0.1, 0.15) is 42.9 Å². The standard InChI is InChI=1S/C14H15FN2O3S/c1-14(2,3)13-17-16-11(20-13)7-21-10-6-8(12(18)19)4-5-9(10)15/h4-6H,7H2,1-3H3,(H,18,19). The summed E-state index contributed by atoms with van der Waals surface area (Å²) in [5.41, 5.74) is -0.204. The molecule has 21 heavy (non-hydrogen) atoms. The summed E-state index contributed by atoms with van der Waals surface area (Å²) in [5, 5.41) is 16.8. The van der Waals surface area contributed by atoms with Gasteiger partial charge >= 0.3 is 5.97 Å². The van der Waals surface area contributed by atoms with Crippen molar-refractivity contribution in [3.05, 3.63) is 41.4 Å². The zero-order chi connectivity index (χ0) is 15.6. The van der Waals surface area contributed by atoms with Gasteiger partial charge in [-0.15, -0.1) is 22.0 Å². The Morgan fingerprint density at radius 1 is 1.38 bits per heavy atom. The third-order valence-corrected chi connectivity index (χ3v) is 3.65. The topological polar surface area (TPSA) is 76.2 Å². The van der Waals surface area contributed by atoms with Crippen LogP contribution >= 0.6 is 11.8 Å². The molecule has 0 radical (unpaired) electrons. The van der Waals surface area contributed by atoms with Gasteiger partial charge in [0.15, 0.2) is 0 Å². The molecule has 0 amide bonds. The van der Waals surface area contributed by atoms with Crippen LogP contribution in [-0.4, -0.2) is 21.3 Å². The zero-order valence-electron chi connectivity index (χ0n) is 11.9. The fourth-order valence-corrected chi connectivity index (χ4v) is 2.31. The van der Waals surface area contributed by atoms with Crippen LogP contribution in [0, 0.1) is 5.82 Å². The highest BCUT2D eigenvalue weighted by atomic mass is 32.2. The lowest BCUT2D eigenvalue weighted by Gasteiger charge is -2.10. The number of aromatic nitrogens is 2. The van der Waals surface area contributed by atoms with E-state index in [1.54, 1.807) is 0 Å². The van der Waals surface area contributed by atoms with Crippen molar-refractivity contribution in [2.24, 2.45) is 0 Å². The Morgan fingerprint density at radius 2 is 2.10 bits per heavy atom. The minimum absolute atomic E-state index is 0.0415. The molecule has 1 aromatic heterocycles. The van der Waals surface area contributed by atoms with Gasteiger partial charge in [-0.2, -0.15) is 0 Å². The van der Waals surface area contributed by atoms with Gasteiger partial charge in [-0.25, -0.2) is 9.18 Å². The quantitative estimate of drug-likeness (QED) is 0.871. The average Bonchev–Trinajstić information content (AvgIpc) is 2.86. The largest absolute Gasteiger partial charge is 0.478 e. The van der Waals surface area contributed by atoms with Gasteiger partial charge in [0, 0.05) is 10.3 Å². The lowest BCUT2D eigenvalue weighted by atomic mass is 9.97. The molecule has 0 aliphatic rings. The lowest BCUT2D eigenvalue weighted by molar-refractivity contribution is 0.0696. The van der Waals surface area contributed by atoms with Crippen molar-refractivity contribution < 1.29 is 18.7 Å². The number of carboxylic acid groups (broad SMARTS) is 1. The number of carboxylic acids is 1. The van der Waals surface area contributed by atoms with Crippen molar-refractivity contribution in [2.75, 3.05) is 0 Å². The number of nitrogens with zero attached hydrogens (tertiary/aromatic N) is 2. The van der Waals surface area contributed by atoms with E-state index in [0.717, 1.165) is 17.8 Å². The molecule has 0 saturated carbocycles. The number of hydrogen-bond acceptors (Lipinski definition) is 5. The molecule has 0 saturated heterocycles. The molecule has 0 bridgehead atoms. The summed E-state index contributed by atoms with van der Waals surface area (Å²) in [5.74, 6) is -0.392. The van der Waals surface area contributed by atoms with Crippen LogP contribution in [0.2, 0.25) is 0 Å². The maximum Gasteiger partial charge on any atom is 0.335 e. The Kier molecular flexibility index (Phi) is 4.32. The molecule has 1 aromatic carbocycles. The summed E-state index contributed by atoms with van der Waals surface area (Å²) >= 11 is 1.12. The number of carbonyl (C=O) groups is 1. The van der Waals surface area contributed by atoms with Crippen LogP contribution in [0.5, 0.6) is 0 Å². The van der Waals surface area contributed by atoms with E-state index in [0.29, 0.717) is 11.8 Å². The Balaban J connectivity index is 2.11. The summed E-state index contributed by atoms with van der Waals surface area (Å²) in [4.78, 5) is 11.1. The van der Waals surface area contributed by atoms with Gasteiger partial charge in [-0.1, -0.05) is 20.8 Å². The van der Waals surface area contributed by atoms with Gasteiger partial charge in [0.1, 0.15) is 5.82 Å². The van der Waals surface area contributed by atoms with E-state index in [4.69, 9.17) is 9.52 Å². The third-order valence-electron chi connectivity index (χ3n) is 2.64. The van der Waals surface area contributed by atoms with Gasteiger partial charge in [0.05, 0.1) is 11.3 Å². The van der Waals surface area contributed by atoms with Crippen LogP contribution in [0.3, 0.4) is 0 Å². The molecule has 0 aliphatic heterocycles. The maximum absolute atomic E-state index is 13.6. The van der Waals surface area contributed by atoms with E-state index in [1.807, 2.05) is 20.8 Å². The van der Waals surface area contributed by atoms with Crippen LogP contribution in [0.4, 0.5) is 4.39 Å². The molecule has 7 heteroatoms. The molecule has 0 aliphatic carbocycles. The second kappa shape index (κ2) is 5.85. The van der Waals surface area contributed by atoms with Gasteiger partial charge in [0.2, 0.25) is 11.8 Å². The highest BCUT2D eigenvalue weighted by Crippen LogP contribution is 2.28. The van der Waals surface area contributed by atoms with Crippen molar-refractivity contribution in [2.45, 2.75) is 36.8 Å². The summed E-state index contributed by atoms with van der Waals surface area (Å²) in [6.45, 7) is 5.86. The van der Waals surface area contributed by atoms with E-state index in [1.165, 1.54) is 12.1 Å². The van der Waals surface area contributed by atoms with Crippen LogP contribution in [0.15, 0.2) is 27.5 Å². The van der Waals surface area contributed by atoms with E-state index in [9.17, 15) is 9.18 Å². The molecule has 1 N–H and O–H groups in total. The zero-order valence-corrected chi connectivity index (χ0v) is 12.7. The first-order valence-corrected chi connectivity index (χ1v) is 7.24. The first-order chi connectivity index (χ1) is 9.77. The minimum Gasteiger partial charge on any atom is -0.478 e. The fourth-order valence-electron chi connectivity index (χ4n) is 1.50. The molecule has 2 aromatic rings. The van der Waals surface area contributed by atoms with Crippen LogP contribution in [0.25, 0.3) is 0 Å². The van der Waals surface area contributed by atoms with Crippen molar-refractivity contribution in [1.82, 2.24) is 10.2 Å². The van der Waals surface area contributed by atoms with E-state index in [-0.39, 0.29) is 21.6 Å². The molecule has 0 fully saturated rings. The predicted molar refractivity (Wildman–Crippen MR) is 75.9 cm³/mol. The molecule has 1 heterocycles. The summed E-state index contributed by atoms with van der Waals surface area (Å²) in [6, 6.07) is 3.66. The molecule has 112 valence electrons. The van der Waals surface area contributed by atoms with Gasteiger partial charge in [-0.05, 0) is 18.2 Å². The van der Waals surface area contributed by atoms with Crippen molar-refractivity contribution >= 4 is 17.7 Å². The number of thioether (sulfide) groups is 1. The van der Waals surface area contributed by atoms with E-state index < -0.39 is 11.8 Å². The Hall–Kier alpha value is -1.89. The summed E-state index contributed by atoms with van der Waals surface area (Å²) in [6.07, 6.45) is 0. The smallest absolute Gasteiger partial charge is 0.335 e. The SMILES string of the molecule is CC(C)(C)c1nnc(CSc2cc(C(=O)O)ccc2F)o1. The number of hydrogen-bond donors (Lipinski definition) is 1. The minimum atomic E-state index is -1.09. The predicted octanol–water partition coefficient (Wildman–Crippen LogP) is 3.50. The molecular weight excluding hydrogens is 295 g/mol. The van der Waals surface area contributed by atoms with Gasteiger partial charge in [-0.3, -0.25) is 0 Å². The second-order valence-electron chi connectivity index (χ2n) is 5.49. The summed E-state index contributed by atoms with van der Waals surface area (Å²) in [7, 11) is 0. The Morgan fingerprint density at radius 3 is 2.67 bits per heavy atom. The first kappa shape index (κ1) is 15.5. The van der Waals surface area contributed by atoms with Gasteiger partial charge in [0.25, 0.3) is 0 Å². The molecule has 5 nitrogen and oxygen atoms in total. The molecular formula is C14H15FN2O3S. The molecule has 0 atom stereocenters. The van der Waals surface area contributed by atoms with Crippen LogP contribution < -0.4 is 0 Å². The Bertz CT molecular complexity index is 664. The number of benzene rings is 1. The fraction of sp³-hybridized carbons (Fsp3) is 0.357. The Labute approximate surface area is 125 Å². The summed E-state index contributed by atoms with van der Waals surface area (Å²) < 4.78 is 19.2. The number of rotatable bonds is 4. The highest BCUT2D eigenvalue weighted by Gasteiger charge is 2.21. The molecule has 0 unspecified atom stereocenters. The van der Waals surface area contributed by atoms with E-state index in [2.05, 4.69) is 10.2 Å². The number of aromatic carboxylic acids is 1. The molecule has 2 rings (SSSR count). The van der Waals surface area contributed by atoms with Crippen molar-refractivity contribution in [3.8, 4) is 0 Å². The van der Waals surface area contributed by atoms with Crippen molar-refractivity contribution in [3.63, 3.8) is 0 Å². The van der Waals surface area contributed by atoms with E-state index >= 15 is 0 Å². The first-order valence-electron chi connectivity index (χ1n) is 6.26. The highest BCUT2D eigenvalue weighted by molar-refractivity contribution is 7.98. The van der Waals surface area contributed by atoms with Crippen LogP contribution in [-0.2, 0) is 11.2 Å². The lowest BCUT2D eigenvalue weighted by Crippen LogP contribution is -2.11. The normalized spacial score (nSPS) is 11.6. The third kappa shape index (κ3) is 3.81. The van der Waals surface area contributed by atoms with Crippen molar-refractivity contribution in [1.29, 1.82) is 0 Å². The average molecular weight is 310 g/mol.